The maximum Gasteiger partial charge on any atom is 0.322 e. The van der Waals surface area contributed by atoms with Gasteiger partial charge in [-0.15, -0.1) is 0 Å². The third-order valence-corrected chi connectivity index (χ3v) is 7.33. The lowest BCUT2D eigenvalue weighted by Crippen LogP contribution is -2.46. The zero-order valence-electron chi connectivity index (χ0n) is 13.8. The molecule has 1 saturated carbocycles. The largest absolute Gasteiger partial charge is 0.480 e. The van der Waals surface area contributed by atoms with Crippen LogP contribution in [0.1, 0.15) is 37.7 Å². The van der Waals surface area contributed by atoms with Crippen LogP contribution in [0.2, 0.25) is 0 Å². The Hall–Kier alpha value is -2.00. The lowest BCUT2D eigenvalue weighted by atomic mass is 9.85. The van der Waals surface area contributed by atoms with Crippen molar-refractivity contribution in [2.45, 2.75) is 56.0 Å². The van der Waals surface area contributed by atoms with E-state index in [9.17, 15) is 28.4 Å². The van der Waals surface area contributed by atoms with E-state index in [1.165, 1.54) is 12.1 Å². The lowest BCUT2D eigenvalue weighted by molar-refractivity contribution is -0.385. The second kappa shape index (κ2) is 6.38. The monoisotopic (exact) mass is 368 g/mol. The van der Waals surface area contributed by atoms with Gasteiger partial charge in [0, 0.05) is 18.2 Å². The van der Waals surface area contributed by atoms with Crippen molar-refractivity contribution >= 4 is 21.7 Å². The van der Waals surface area contributed by atoms with Crippen molar-refractivity contribution in [3.05, 3.63) is 33.9 Å². The molecule has 0 amide bonds. The number of carboxylic acids is 1. The van der Waals surface area contributed by atoms with E-state index in [0.717, 1.165) is 29.6 Å². The summed E-state index contributed by atoms with van der Waals surface area (Å²) in [6.45, 7) is 1.56. The minimum Gasteiger partial charge on any atom is -0.480 e. The van der Waals surface area contributed by atoms with Crippen LogP contribution >= 0.6 is 0 Å². The van der Waals surface area contributed by atoms with Crippen molar-refractivity contribution in [3.8, 4) is 0 Å². The van der Waals surface area contributed by atoms with Crippen LogP contribution in [0.15, 0.2) is 23.1 Å². The number of hydrogen-bond donors (Lipinski definition) is 1. The molecule has 136 valence electrons. The van der Waals surface area contributed by atoms with Crippen LogP contribution in [0.3, 0.4) is 0 Å². The first-order valence-corrected chi connectivity index (χ1v) is 9.69. The number of fused-ring (bicyclic) bond motifs is 1. The number of aryl methyl sites for hydroxylation is 1. The standard InChI is InChI=1S/C16H20N2O6S/c1-10-6-7-12(18(21)22)9-15(10)25(23,24)17-13-5-3-2-4-11(13)8-14(17)16(19)20/h6-7,9,11,13-14H,2-5,8H2,1H3,(H,19,20). The summed E-state index contributed by atoms with van der Waals surface area (Å²) in [7, 11) is -4.14. The smallest absolute Gasteiger partial charge is 0.322 e. The zero-order valence-corrected chi connectivity index (χ0v) is 14.6. The van der Waals surface area contributed by atoms with Gasteiger partial charge in [0.05, 0.1) is 9.82 Å². The second-order valence-electron chi connectivity index (χ2n) is 6.74. The van der Waals surface area contributed by atoms with Crippen LogP contribution in [-0.2, 0) is 14.8 Å². The Morgan fingerprint density at radius 2 is 2.00 bits per heavy atom. The Bertz CT molecular complexity index is 822. The fourth-order valence-electron chi connectivity index (χ4n) is 4.07. The van der Waals surface area contributed by atoms with Gasteiger partial charge in [0.25, 0.3) is 5.69 Å². The van der Waals surface area contributed by atoms with Gasteiger partial charge in [-0.1, -0.05) is 18.9 Å². The zero-order chi connectivity index (χ0) is 18.4. The van der Waals surface area contributed by atoms with Crippen LogP contribution in [0.5, 0.6) is 0 Å². The molecule has 0 radical (unpaired) electrons. The first kappa shape index (κ1) is 17.8. The third-order valence-electron chi connectivity index (χ3n) is 5.25. The number of sulfonamides is 1. The predicted octanol–water partition coefficient (Wildman–Crippen LogP) is 2.31. The number of nitro groups is 1. The van der Waals surface area contributed by atoms with E-state index in [-0.39, 0.29) is 22.5 Å². The molecule has 2 fully saturated rings. The van der Waals surface area contributed by atoms with E-state index in [4.69, 9.17) is 0 Å². The fraction of sp³-hybridized carbons (Fsp3) is 0.562. The molecule has 3 rings (SSSR count). The van der Waals surface area contributed by atoms with Crippen molar-refractivity contribution in [1.82, 2.24) is 4.31 Å². The van der Waals surface area contributed by atoms with Gasteiger partial charge in [0.1, 0.15) is 6.04 Å². The molecule has 3 unspecified atom stereocenters. The van der Waals surface area contributed by atoms with E-state index in [1.807, 2.05) is 0 Å². The lowest BCUT2D eigenvalue weighted by Gasteiger charge is -2.32. The third kappa shape index (κ3) is 3.02. The Morgan fingerprint density at radius 1 is 1.32 bits per heavy atom. The summed E-state index contributed by atoms with van der Waals surface area (Å²) in [4.78, 5) is 21.9. The van der Waals surface area contributed by atoms with E-state index >= 15 is 0 Å². The Balaban J connectivity index is 2.10. The van der Waals surface area contributed by atoms with Crippen LogP contribution in [0.4, 0.5) is 5.69 Å². The van der Waals surface area contributed by atoms with Gasteiger partial charge in [-0.3, -0.25) is 14.9 Å². The van der Waals surface area contributed by atoms with Gasteiger partial charge in [0.2, 0.25) is 10.0 Å². The number of benzene rings is 1. The molecule has 1 aliphatic heterocycles. The molecule has 25 heavy (non-hydrogen) atoms. The molecular formula is C16H20N2O6S. The van der Waals surface area contributed by atoms with Gasteiger partial charge in [-0.2, -0.15) is 4.31 Å². The maximum absolute atomic E-state index is 13.2. The summed E-state index contributed by atoms with van der Waals surface area (Å²) in [5.41, 5.74) is 0.0458. The highest BCUT2D eigenvalue weighted by atomic mass is 32.2. The average molecular weight is 368 g/mol. The van der Waals surface area contributed by atoms with Crippen LogP contribution in [-0.4, -0.2) is 40.8 Å². The minimum absolute atomic E-state index is 0.0311. The number of carbonyl (C=O) groups is 1. The van der Waals surface area contributed by atoms with Gasteiger partial charge >= 0.3 is 5.97 Å². The van der Waals surface area contributed by atoms with Crippen LogP contribution in [0, 0.1) is 23.0 Å². The first-order valence-electron chi connectivity index (χ1n) is 8.25. The number of nitrogens with zero attached hydrogens (tertiary/aromatic N) is 2. The van der Waals surface area contributed by atoms with Crippen LogP contribution in [0.25, 0.3) is 0 Å². The van der Waals surface area contributed by atoms with E-state index < -0.39 is 27.0 Å². The molecule has 1 aromatic rings. The number of nitro benzene ring substituents is 1. The number of hydrogen-bond acceptors (Lipinski definition) is 5. The van der Waals surface area contributed by atoms with Crippen molar-refractivity contribution in [2.24, 2.45) is 5.92 Å². The van der Waals surface area contributed by atoms with Gasteiger partial charge in [-0.25, -0.2) is 8.42 Å². The number of aliphatic carboxylic acids is 1. The predicted molar refractivity (Wildman–Crippen MR) is 88.6 cm³/mol. The minimum atomic E-state index is -4.14. The summed E-state index contributed by atoms with van der Waals surface area (Å²) in [6, 6.07) is 2.20. The molecule has 2 aliphatic rings. The molecule has 8 nitrogen and oxygen atoms in total. The maximum atomic E-state index is 13.2. The number of rotatable bonds is 4. The molecule has 1 aromatic carbocycles. The Morgan fingerprint density at radius 3 is 2.64 bits per heavy atom. The van der Waals surface area contributed by atoms with Crippen molar-refractivity contribution in [2.75, 3.05) is 0 Å². The summed E-state index contributed by atoms with van der Waals surface area (Å²) in [5, 5.41) is 20.6. The number of carboxylic acid groups (broad SMARTS) is 1. The van der Waals surface area contributed by atoms with Crippen molar-refractivity contribution in [3.63, 3.8) is 0 Å². The second-order valence-corrected chi connectivity index (χ2v) is 8.56. The molecule has 9 heteroatoms. The van der Waals surface area contributed by atoms with E-state index in [0.29, 0.717) is 18.4 Å². The van der Waals surface area contributed by atoms with E-state index in [2.05, 4.69) is 0 Å². The normalized spacial score (nSPS) is 27.0. The van der Waals surface area contributed by atoms with Gasteiger partial charge in [0.15, 0.2) is 0 Å². The van der Waals surface area contributed by atoms with Crippen molar-refractivity contribution < 1.29 is 23.2 Å². The topological polar surface area (TPSA) is 118 Å². The first-order chi connectivity index (χ1) is 11.7. The molecular weight excluding hydrogens is 348 g/mol. The van der Waals surface area contributed by atoms with Gasteiger partial charge in [-0.05, 0) is 37.7 Å². The molecule has 0 bridgehead atoms. The highest BCUT2D eigenvalue weighted by Gasteiger charge is 2.51. The van der Waals surface area contributed by atoms with Crippen LogP contribution < -0.4 is 0 Å². The average Bonchev–Trinajstić information content (AvgIpc) is 2.95. The molecule has 0 aromatic heterocycles. The van der Waals surface area contributed by atoms with E-state index in [1.54, 1.807) is 6.92 Å². The molecule has 1 heterocycles. The molecule has 1 saturated heterocycles. The Kier molecular flexibility index (Phi) is 4.54. The molecule has 0 spiro atoms. The molecule has 1 N–H and O–H groups in total. The summed E-state index contributed by atoms with van der Waals surface area (Å²) < 4.78 is 27.6. The number of non-ortho nitro benzene ring substituents is 1. The van der Waals surface area contributed by atoms with Crippen molar-refractivity contribution in [1.29, 1.82) is 0 Å². The van der Waals surface area contributed by atoms with Gasteiger partial charge < -0.3 is 5.11 Å². The molecule has 1 aliphatic carbocycles. The Labute approximate surface area is 145 Å². The summed E-state index contributed by atoms with van der Waals surface area (Å²) in [5.74, 6) is -1.13. The summed E-state index contributed by atoms with van der Waals surface area (Å²) in [6.07, 6.45) is 3.56. The highest BCUT2D eigenvalue weighted by molar-refractivity contribution is 7.89. The summed E-state index contributed by atoms with van der Waals surface area (Å²) >= 11 is 0. The fourth-order valence-corrected chi connectivity index (χ4v) is 6.19. The SMILES string of the molecule is Cc1ccc([N+](=O)[O-])cc1S(=O)(=O)N1C(C(=O)O)CC2CCCCC21. The quantitative estimate of drug-likeness (QED) is 0.643. The molecule has 3 atom stereocenters. The highest BCUT2D eigenvalue weighted by Crippen LogP contribution is 2.43.